The second-order valence-electron chi connectivity index (χ2n) is 5.31. The van der Waals surface area contributed by atoms with Crippen LogP contribution < -0.4 is 10.6 Å². The first-order chi connectivity index (χ1) is 12.6. The number of carbonyl (C=O) groups excluding carboxylic acids is 2. The number of halogens is 1. The van der Waals surface area contributed by atoms with Crippen LogP contribution >= 0.6 is 22.9 Å². The Morgan fingerprint density at radius 3 is 2.50 bits per heavy atom. The molecule has 2 amide bonds. The number of benzene rings is 2. The Hall–Kier alpha value is -2.77. The van der Waals surface area contributed by atoms with Crippen LogP contribution in [0.3, 0.4) is 0 Å². The van der Waals surface area contributed by atoms with Crippen molar-refractivity contribution >= 4 is 39.9 Å². The quantitative estimate of drug-likeness (QED) is 0.677. The Morgan fingerprint density at radius 1 is 1.00 bits per heavy atom. The lowest BCUT2D eigenvalue weighted by Crippen LogP contribution is -2.27. The molecule has 8 heteroatoms. The van der Waals surface area contributed by atoms with Crippen LogP contribution in [0, 0.1) is 0 Å². The lowest BCUT2D eigenvalue weighted by molar-refractivity contribution is -0.116. The Labute approximate surface area is 159 Å². The summed E-state index contributed by atoms with van der Waals surface area (Å²) in [6, 6.07) is 16.1. The van der Waals surface area contributed by atoms with E-state index < -0.39 is 0 Å². The third-order valence-corrected chi connectivity index (χ3v) is 4.65. The molecule has 3 rings (SSSR count). The fraction of sp³-hybridized carbons (Fsp3) is 0.111. The molecule has 1 aromatic heterocycles. The first-order valence-electron chi connectivity index (χ1n) is 7.85. The van der Waals surface area contributed by atoms with Gasteiger partial charge in [0.2, 0.25) is 11.0 Å². The van der Waals surface area contributed by atoms with Crippen LogP contribution in [-0.2, 0) is 4.79 Å². The monoisotopic (exact) mass is 386 g/mol. The van der Waals surface area contributed by atoms with E-state index in [1.165, 1.54) is 11.3 Å². The third-order valence-electron chi connectivity index (χ3n) is 3.45. The fourth-order valence-electron chi connectivity index (χ4n) is 2.18. The molecule has 0 saturated carbocycles. The molecular formula is C18H15ClN4O2S. The van der Waals surface area contributed by atoms with Gasteiger partial charge in [0.25, 0.3) is 5.91 Å². The SMILES string of the molecule is O=C(CCNC(=O)c1ccccc1)Nc1nnc(-c2ccccc2Cl)s1. The number of nitrogens with zero attached hydrogens (tertiary/aromatic N) is 2. The van der Waals surface area contributed by atoms with Crippen LogP contribution in [0.15, 0.2) is 54.6 Å². The second kappa shape index (κ2) is 8.55. The summed E-state index contributed by atoms with van der Waals surface area (Å²) in [6.07, 6.45) is 0.138. The zero-order valence-electron chi connectivity index (χ0n) is 13.6. The number of hydrogen-bond donors (Lipinski definition) is 2. The van der Waals surface area contributed by atoms with Crippen molar-refractivity contribution in [3.05, 3.63) is 65.2 Å². The lowest BCUT2D eigenvalue weighted by atomic mass is 10.2. The molecule has 0 aliphatic heterocycles. The van der Waals surface area contributed by atoms with Gasteiger partial charge in [-0.15, -0.1) is 10.2 Å². The Balaban J connectivity index is 1.50. The molecule has 0 aliphatic carbocycles. The van der Waals surface area contributed by atoms with Crippen LogP contribution in [0.4, 0.5) is 5.13 Å². The maximum atomic E-state index is 12.0. The molecule has 0 radical (unpaired) electrons. The highest BCUT2D eigenvalue weighted by molar-refractivity contribution is 7.18. The van der Waals surface area contributed by atoms with E-state index >= 15 is 0 Å². The van der Waals surface area contributed by atoms with Crippen molar-refractivity contribution in [2.45, 2.75) is 6.42 Å². The molecule has 6 nitrogen and oxygen atoms in total. The number of nitrogens with one attached hydrogen (secondary N) is 2. The van der Waals surface area contributed by atoms with Crippen LogP contribution in [0.5, 0.6) is 0 Å². The van der Waals surface area contributed by atoms with Gasteiger partial charge in [0.1, 0.15) is 0 Å². The van der Waals surface area contributed by atoms with Crippen molar-refractivity contribution in [3.63, 3.8) is 0 Å². The summed E-state index contributed by atoms with van der Waals surface area (Å²) in [7, 11) is 0. The average molecular weight is 387 g/mol. The second-order valence-corrected chi connectivity index (χ2v) is 6.70. The standard InChI is InChI=1S/C18H15ClN4O2S/c19-14-9-5-4-8-13(14)17-22-23-18(26-17)21-15(24)10-11-20-16(25)12-6-2-1-3-7-12/h1-9H,10-11H2,(H,20,25)(H,21,23,24). The first-order valence-corrected chi connectivity index (χ1v) is 9.04. The van der Waals surface area contributed by atoms with Crippen molar-refractivity contribution in [2.75, 3.05) is 11.9 Å². The minimum atomic E-state index is -0.250. The molecule has 132 valence electrons. The van der Waals surface area contributed by atoms with E-state index in [9.17, 15) is 9.59 Å². The van der Waals surface area contributed by atoms with E-state index in [1.807, 2.05) is 24.3 Å². The minimum absolute atomic E-state index is 0.138. The molecular weight excluding hydrogens is 372 g/mol. The van der Waals surface area contributed by atoms with Gasteiger partial charge in [0, 0.05) is 24.1 Å². The molecule has 0 bridgehead atoms. The molecule has 26 heavy (non-hydrogen) atoms. The highest BCUT2D eigenvalue weighted by Gasteiger charge is 2.12. The van der Waals surface area contributed by atoms with E-state index in [0.29, 0.717) is 20.7 Å². The largest absolute Gasteiger partial charge is 0.352 e. The minimum Gasteiger partial charge on any atom is -0.352 e. The molecule has 0 aliphatic rings. The van der Waals surface area contributed by atoms with Gasteiger partial charge in [-0.05, 0) is 18.2 Å². The van der Waals surface area contributed by atoms with Crippen LogP contribution in [0.2, 0.25) is 5.02 Å². The highest BCUT2D eigenvalue weighted by atomic mass is 35.5. The van der Waals surface area contributed by atoms with Gasteiger partial charge in [-0.1, -0.05) is 59.3 Å². The smallest absolute Gasteiger partial charge is 0.251 e. The van der Waals surface area contributed by atoms with Crippen molar-refractivity contribution < 1.29 is 9.59 Å². The number of amides is 2. The number of carbonyl (C=O) groups is 2. The number of rotatable bonds is 6. The predicted octanol–water partition coefficient (Wildman–Crippen LogP) is 3.62. The van der Waals surface area contributed by atoms with Crippen LogP contribution in [0.25, 0.3) is 10.6 Å². The number of aromatic nitrogens is 2. The van der Waals surface area contributed by atoms with Gasteiger partial charge >= 0.3 is 0 Å². The van der Waals surface area contributed by atoms with Gasteiger partial charge in [0.15, 0.2) is 5.01 Å². The average Bonchev–Trinajstić information content (AvgIpc) is 3.11. The summed E-state index contributed by atoms with van der Waals surface area (Å²) in [5.74, 6) is -0.462. The van der Waals surface area contributed by atoms with E-state index in [-0.39, 0.29) is 24.8 Å². The fourth-order valence-corrected chi connectivity index (χ4v) is 3.26. The van der Waals surface area contributed by atoms with Crippen molar-refractivity contribution in [3.8, 4) is 10.6 Å². The van der Waals surface area contributed by atoms with Gasteiger partial charge in [-0.25, -0.2) is 0 Å². The van der Waals surface area contributed by atoms with Crippen LogP contribution in [-0.4, -0.2) is 28.6 Å². The van der Waals surface area contributed by atoms with E-state index in [2.05, 4.69) is 20.8 Å². The zero-order chi connectivity index (χ0) is 18.4. The van der Waals surface area contributed by atoms with E-state index in [0.717, 1.165) is 5.56 Å². The lowest BCUT2D eigenvalue weighted by Gasteiger charge is -2.04. The molecule has 0 spiro atoms. The Bertz CT molecular complexity index is 914. The van der Waals surface area contributed by atoms with E-state index in [4.69, 9.17) is 11.6 Å². The maximum absolute atomic E-state index is 12.0. The molecule has 3 aromatic rings. The van der Waals surface area contributed by atoms with Crippen molar-refractivity contribution in [1.29, 1.82) is 0 Å². The van der Waals surface area contributed by atoms with E-state index in [1.54, 1.807) is 30.3 Å². The van der Waals surface area contributed by atoms with Crippen LogP contribution in [0.1, 0.15) is 16.8 Å². The third kappa shape index (κ3) is 4.65. The number of anilines is 1. The van der Waals surface area contributed by atoms with Crippen molar-refractivity contribution in [1.82, 2.24) is 15.5 Å². The van der Waals surface area contributed by atoms with Gasteiger partial charge in [-0.3, -0.25) is 9.59 Å². The van der Waals surface area contributed by atoms with Gasteiger partial charge in [0.05, 0.1) is 5.02 Å². The summed E-state index contributed by atoms with van der Waals surface area (Å²) in [4.78, 5) is 23.9. The predicted molar refractivity (Wildman–Crippen MR) is 102 cm³/mol. The Kier molecular flexibility index (Phi) is 5.93. The summed E-state index contributed by atoms with van der Waals surface area (Å²) >= 11 is 7.37. The topological polar surface area (TPSA) is 84.0 Å². The summed E-state index contributed by atoms with van der Waals surface area (Å²) in [6.45, 7) is 0.232. The first kappa shape index (κ1) is 18.0. The summed E-state index contributed by atoms with van der Waals surface area (Å²) < 4.78 is 0. The highest BCUT2D eigenvalue weighted by Crippen LogP contribution is 2.31. The summed E-state index contributed by atoms with van der Waals surface area (Å²) in [5, 5.41) is 15.0. The molecule has 0 fully saturated rings. The molecule has 1 heterocycles. The molecule has 0 unspecified atom stereocenters. The molecule has 2 aromatic carbocycles. The van der Waals surface area contributed by atoms with Crippen molar-refractivity contribution in [2.24, 2.45) is 0 Å². The molecule has 0 atom stereocenters. The normalized spacial score (nSPS) is 10.3. The van der Waals surface area contributed by atoms with Gasteiger partial charge < -0.3 is 10.6 Å². The number of hydrogen-bond acceptors (Lipinski definition) is 5. The summed E-state index contributed by atoms with van der Waals surface area (Å²) in [5.41, 5.74) is 1.32. The zero-order valence-corrected chi connectivity index (χ0v) is 15.2. The maximum Gasteiger partial charge on any atom is 0.251 e. The Morgan fingerprint density at radius 2 is 1.73 bits per heavy atom. The van der Waals surface area contributed by atoms with Gasteiger partial charge in [-0.2, -0.15) is 0 Å². The molecule has 2 N–H and O–H groups in total. The molecule has 0 saturated heterocycles.